The molecule has 0 aliphatic carbocycles. The van der Waals surface area contributed by atoms with Crippen LogP contribution >= 0.6 is 11.3 Å². The number of amides is 1. The summed E-state index contributed by atoms with van der Waals surface area (Å²) in [4.78, 5) is 12.7. The van der Waals surface area contributed by atoms with E-state index in [-0.39, 0.29) is 5.91 Å². The molecule has 1 amide bonds. The minimum absolute atomic E-state index is 0.203. The van der Waals surface area contributed by atoms with Crippen molar-refractivity contribution in [1.29, 1.82) is 0 Å². The third kappa shape index (κ3) is 3.98. The van der Waals surface area contributed by atoms with Gasteiger partial charge in [-0.05, 0) is 45.2 Å². The molecule has 0 saturated carbocycles. The number of thiophene rings is 1. The van der Waals surface area contributed by atoms with Crippen LogP contribution in [0.1, 0.15) is 32.6 Å². The Morgan fingerprint density at radius 3 is 2.53 bits per heavy atom. The van der Waals surface area contributed by atoms with Crippen molar-refractivity contribution in [2.24, 2.45) is 0 Å². The highest BCUT2D eigenvalue weighted by atomic mass is 32.1. The van der Waals surface area contributed by atoms with Crippen LogP contribution in [0.2, 0.25) is 0 Å². The molecule has 1 rings (SSSR count). The first kappa shape index (κ1) is 13.9. The fourth-order valence-electron chi connectivity index (χ4n) is 1.05. The molecule has 0 fully saturated rings. The average molecular weight is 253 g/mol. The molecule has 1 aromatic rings. The van der Waals surface area contributed by atoms with Gasteiger partial charge in [-0.1, -0.05) is 6.07 Å². The third-order valence-electron chi connectivity index (χ3n) is 2.91. The van der Waals surface area contributed by atoms with Crippen LogP contribution < -0.4 is 5.32 Å². The molecule has 4 heteroatoms. The zero-order valence-corrected chi connectivity index (χ0v) is 11.5. The number of rotatable bonds is 4. The predicted molar refractivity (Wildman–Crippen MR) is 71.9 cm³/mol. The average Bonchev–Trinajstić information content (AvgIpc) is 2.64. The summed E-state index contributed by atoms with van der Waals surface area (Å²) < 4.78 is 0. The van der Waals surface area contributed by atoms with Gasteiger partial charge in [-0.25, -0.2) is 0 Å². The van der Waals surface area contributed by atoms with E-state index in [2.05, 4.69) is 5.32 Å². The van der Waals surface area contributed by atoms with Gasteiger partial charge in [-0.15, -0.1) is 11.3 Å². The van der Waals surface area contributed by atoms with Crippen molar-refractivity contribution < 1.29 is 9.90 Å². The van der Waals surface area contributed by atoms with E-state index < -0.39 is 11.1 Å². The van der Waals surface area contributed by atoms with Crippen LogP contribution in [0.4, 0.5) is 0 Å². The van der Waals surface area contributed by atoms with E-state index in [1.54, 1.807) is 45.1 Å². The van der Waals surface area contributed by atoms with Gasteiger partial charge in [0.15, 0.2) is 0 Å². The molecule has 0 bridgehead atoms. The van der Waals surface area contributed by atoms with Crippen molar-refractivity contribution in [1.82, 2.24) is 5.32 Å². The Balaban J connectivity index is 2.62. The van der Waals surface area contributed by atoms with E-state index in [0.29, 0.717) is 0 Å². The van der Waals surface area contributed by atoms with E-state index in [4.69, 9.17) is 0 Å². The van der Waals surface area contributed by atoms with Gasteiger partial charge >= 0.3 is 0 Å². The van der Waals surface area contributed by atoms with Crippen LogP contribution in [-0.4, -0.2) is 22.2 Å². The maximum Gasteiger partial charge on any atom is 0.244 e. The lowest BCUT2D eigenvalue weighted by Crippen LogP contribution is -2.57. The standard InChI is InChI=1S/C13H19NO2S/c1-12(2,13(3,4)16)14-11(15)8-7-10-6-5-9-17-10/h5-9,16H,1-4H3,(H,14,15)/b8-7+. The number of hydrogen-bond acceptors (Lipinski definition) is 3. The molecule has 0 spiro atoms. The first-order valence-electron chi connectivity index (χ1n) is 5.48. The van der Waals surface area contributed by atoms with Crippen LogP contribution in [0, 0.1) is 0 Å². The zero-order chi connectivity index (χ0) is 13.1. The second-order valence-corrected chi connectivity index (χ2v) is 6.00. The van der Waals surface area contributed by atoms with E-state index in [9.17, 15) is 9.90 Å². The lowest BCUT2D eigenvalue weighted by molar-refractivity contribution is -0.121. The number of aliphatic hydroxyl groups is 1. The van der Waals surface area contributed by atoms with Gasteiger partial charge in [0.05, 0.1) is 11.1 Å². The first-order valence-corrected chi connectivity index (χ1v) is 6.36. The molecule has 0 unspecified atom stereocenters. The Morgan fingerprint density at radius 1 is 1.41 bits per heavy atom. The second kappa shape index (κ2) is 5.02. The summed E-state index contributed by atoms with van der Waals surface area (Å²) in [5, 5.41) is 14.7. The Bertz CT molecular complexity index is 400. The van der Waals surface area contributed by atoms with Crippen molar-refractivity contribution in [2.75, 3.05) is 0 Å². The van der Waals surface area contributed by atoms with Gasteiger partial charge in [0, 0.05) is 11.0 Å². The summed E-state index contributed by atoms with van der Waals surface area (Å²) in [5.41, 5.74) is -1.65. The molecule has 2 N–H and O–H groups in total. The lowest BCUT2D eigenvalue weighted by Gasteiger charge is -2.37. The molecule has 0 aromatic carbocycles. The molecule has 0 aliphatic rings. The van der Waals surface area contributed by atoms with Gasteiger partial charge in [0.25, 0.3) is 0 Å². The van der Waals surface area contributed by atoms with Crippen LogP contribution in [0.25, 0.3) is 6.08 Å². The van der Waals surface area contributed by atoms with Crippen molar-refractivity contribution >= 4 is 23.3 Å². The minimum Gasteiger partial charge on any atom is -0.388 e. The summed E-state index contributed by atoms with van der Waals surface area (Å²) >= 11 is 1.57. The highest BCUT2D eigenvalue weighted by Crippen LogP contribution is 2.20. The molecule has 0 saturated heterocycles. The molecule has 0 atom stereocenters. The molecule has 17 heavy (non-hydrogen) atoms. The van der Waals surface area contributed by atoms with Gasteiger partial charge in [0.1, 0.15) is 0 Å². The number of carbonyl (C=O) groups is 1. The predicted octanol–water partition coefficient (Wildman–Crippen LogP) is 2.43. The van der Waals surface area contributed by atoms with E-state index in [1.165, 1.54) is 6.08 Å². The van der Waals surface area contributed by atoms with Crippen LogP contribution in [-0.2, 0) is 4.79 Å². The fourth-order valence-corrected chi connectivity index (χ4v) is 1.66. The summed E-state index contributed by atoms with van der Waals surface area (Å²) in [7, 11) is 0. The number of nitrogens with one attached hydrogen (secondary N) is 1. The summed E-state index contributed by atoms with van der Waals surface area (Å²) in [5.74, 6) is -0.203. The minimum atomic E-state index is -0.973. The molecule has 0 radical (unpaired) electrons. The smallest absolute Gasteiger partial charge is 0.244 e. The quantitative estimate of drug-likeness (QED) is 0.810. The van der Waals surface area contributed by atoms with Crippen molar-refractivity contribution in [3.05, 3.63) is 28.5 Å². The summed E-state index contributed by atoms with van der Waals surface area (Å²) in [6, 6.07) is 3.87. The molecular formula is C13H19NO2S. The molecule has 0 aliphatic heterocycles. The van der Waals surface area contributed by atoms with Gasteiger partial charge < -0.3 is 10.4 Å². The van der Waals surface area contributed by atoms with Crippen molar-refractivity contribution in [3.8, 4) is 0 Å². The molecule has 1 aromatic heterocycles. The monoisotopic (exact) mass is 253 g/mol. The maximum absolute atomic E-state index is 11.7. The topological polar surface area (TPSA) is 49.3 Å². The third-order valence-corrected chi connectivity index (χ3v) is 3.74. The largest absolute Gasteiger partial charge is 0.388 e. The summed E-state index contributed by atoms with van der Waals surface area (Å²) in [6.45, 7) is 6.94. The van der Waals surface area contributed by atoms with Crippen molar-refractivity contribution in [3.63, 3.8) is 0 Å². The molecule has 3 nitrogen and oxygen atoms in total. The highest BCUT2D eigenvalue weighted by molar-refractivity contribution is 7.10. The Morgan fingerprint density at radius 2 is 2.06 bits per heavy atom. The maximum atomic E-state index is 11.7. The van der Waals surface area contributed by atoms with E-state index in [1.807, 2.05) is 17.5 Å². The van der Waals surface area contributed by atoms with Crippen LogP contribution in [0.3, 0.4) is 0 Å². The van der Waals surface area contributed by atoms with Gasteiger partial charge in [-0.2, -0.15) is 0 Å². The zero-order valence-electron chi connectivity index (χ0n) is 10.7. The van der Waals surface area contributed by atoms with E-state index >= 15 is 0 Å². The SMILES string of the molecule is CC(C)(O)C(C)(C)NC(=O)/C=C/c1cccs1. The molecule has 94 valence electrons. The van der Waals surface area contributed by atoms with Crippen molar-refractivity contribution in [2.45, 2.75) is 38.8 Å². The number of hydrogen-bond donors (Lipinski definition) is 2. The lowest BCUT2D eigenvalue weighted by atomic mass is 9.86. The Labute approximate surface area is 106 Å². The first-order chi connectivity index (χ1) is 7.72. The normalized spacial score (nSPS) is 13.0. The second-order valence-electron chi connectivity index (χ2n) is 5.02. The fraction of sp³-hybridized carbons (Fsp3) is 0.462. The number of carbonyl (C=O) groups excluding carboxylic acids is 1. The van der Waals surface area contributed by atoms with Crippen LogP contribution in [0.15, 0.2) is 23.6 Å². The van der Waals surface area contributed by atoms with Gasteiger partial charge in [0.2, 0.25) is 5.91 Å². The molecule has 1 heterocycles. The van der Waals surface area contributed by atoms with E-state index in [0.717, 1.165) is 4.88 Å². The van der Waals surface area contributed by atoms with Crippen LogP contribution in [0.5, 0.6) is 0 Å². The highest BCUT2D eigenvalue weighted by Gasteiger charge is 2.35. The van der Waals surface area contributed by atoms with Gasteiger partial charge in [-0.3, -0.25) is 4.79 Å². The Kier molecular flexibility index (Phi) is 4.11. The molecular weight excluding hydrogens is 234 g/mol. The summed E-state index contributed by atoms with van der Waals surface area (Å²) in [6.07, 6.45) is 3.25. The Hall–Kier alpha value is -1.13.